The third-order valence-electron chi connectivity index (χ3n) is 5.56. The second-order valence-corrected chi connectivity index (χ2v) is 7.43. The molecule has 5 nitrogen and oxygen atoms in total. The van der Waals surface area contributed by atoms with Gasteiger partial charge >= 0.3 is 0 Å². The van der Waals surface area contributed by atoms with Gasteiger partial charge in [-0.3, -0.25) is 4.79 Å². The van der Waals surface area contributed by atoms with Gasteiger partial charge in [0, 0.05) is 30.8 Å². The van der Waals surface area contributed by atoms with Gasteiger partial charge in [0.2, 0.25) is 5.88 Å². The minimum atomic E-state index is -0.396. The molecule has 1 amide bonds. The lowest BCUT2D eigenvalue weighted by atomic mass is 9.98. The van der Waals surface area contributed by atoms with Gasteiger partial charge in [-0.05, 0) is 23.3 Å². The predicted octanol–water partition coefficient (Wildman–Crippen LogP) is 3.36. The molecule has 0 N–H and O–H groups in total. The molecule has 5 heteroatoms. The summed E-state index contributed by atoms with van der Waals surface area (Å²) in [4.78, 5) is 19.4. The molecule has 3 aromatic rings. The van der Waals surface area contributed by atoms with Gasteiger partial charge in [0.25, 0.3) is 5.91 Å². The Hall–Kier alpha value is -2.92. The molecule has 5 rings (SSSR count). The third-order valence-corrected chi connectivity index (χ3v) is 5.56. The standard InChI is InChI=1S/C23H22N2O3/c26-23(21-13-17-6-1-2-7-18(17)15-27-21)25-12-11-19(14-25)28-22-10-9-16-5-3-4-8-20(16)24-22/h1-10,19,21H,11-15H2. The Kier molecular flexibility index (Phi) is 4.45. The number of hydrogen-bond acceptors (Lipinski definition) is 4. The van der Waals surface area contributed by atoms with E-state index in [1.54, 1.807) is 0 Å². The number of amides is 1. The molecule has 2 atom stereocenters. The van der Waals surface area contributed by atoms with E-state index in [-0.39, 0.29) is 12.0 Å². The van der Waals surface area contributed by atoms with Gasteiger partial charge in [-0.25, -0.2) is 4.98 Å². The van der Waals surface area contributed by atoms with Crippen molar-refractivity contribution in [2.24, 2.45) is 0 Å². The van der Waals surface area contributed by atoms with Gasteiger partial charge in [-0.1, -0.05) is 42.5 Å². The van der Waals surface area contributed by atoms with E-state index in [1.165, 1.54) is 11.1 Å². The van der Waals surface area contributed by atoms with E-state index >= 15 is 0 Å². The number of rotatable bonds is 3. The second-order valence-electron chi connectivity index (χ2n) is 7.43. The molecule has 1 fully saturated rings. The number of likely N-dealkylation sites (tertiary alicyclic amines) is 1. The van der Waals surface area contributed by atoms with E-state index in [0.29, 0.717) is 32.0 Å². The van der Waals surface area contributed by atoms with Gasteiger partial charge < -0.3 is 14.4 Å². The molecule has 0 bridgehead atoms. The van der Waals surface area contributed by atoms with Crippen molar-refractivity contribution in [2.75, 3.05) is 13.1 Å². The molecule has 142 valence electrons. The van der Waals surface area contributed by atoms with E-state index in [2.05, 4.69) is 17.1 Å². The van der Waals surface area contributed by atoms with Crippen LogP contribution in [0.3, 0.4) is 0 Å². The Morgan fingerprint density at radius 3 is 2.79 bits per heavy atom. The molecule has 2 aromatic carbocycles. The van der Waals surface area contributed by atoms with Gasteiger partial charge in [0.15, 0.2) is 0 Å². The van der Waals surface area contributed by atoms with E-state index in [9.17, 15) is 4.79 Å². The van der Waals surface area contributed by atoms with Crippen LogP contribution in [0.15, 0.2) is 60.7 Å². The number of aromatic nitrogens is 1. The Morgan fingerprint density at radius 2 is 1.86 bits per heavy atom. The van der Waals surface area contributed by atoms with Gasteiger partial charge in [0.1, 0.15) is 12.2 Å². The molecular weight excluding hydrogens is 352 g/mol. The van der Waals surface area contributed by atoms with Crippen molar-refractivity contribution in [3.05, 3.63) is 71.8 Å². The Bertz CT molecular complexity index is 1020. The lowest BCUT2D eigenvalue weighted by Crippen LogP contribution is -2.42. The fourth-order valence-electron chi connectivity index (χ4n) is 4.02. The van der Waals surface area contributed by atoms with Crippen molar-refractivity contribution < 1.29 is 14.3 Å². The quantitative estimate of drug-likeness (QED) is 0.705. The maximum atomic E-state index is 12.9. The number of benzene rings is 2. The summed E-state index contributed by atoms with van der Waals surface area (Å²) < 4.78 is 11.9. The highest BCUT2D eigenvalue weighted by Gasteiger charge is 2.34. The van der Waals surface area contributed by atoms with Gasteiger partial charge in [-0.15, -0.1) is 0 Å². The largest absolute Gasteiger partial charge is 0.472 e. The highest BCUT2D eigenvalue weighted by Crippen LogP contribution is 2.24. The van der Waals surface area contributed by atoms with E-state index in [0.717, 1.165) is 17.3 Å². The van der Waals surface area contributed by atoms with Crippen LogP contribution in [0.4, 0.5) is 0 Å². The zero-order chi connectivity index (χ0) is 18.9. The number of hydrogen-bond donors (Lipinski definition) is 0. The number of carbonyl (C=O) groups is 1. The molecule has 1 saturated heterocycles. The number of fused-ring (bicyclic) bond motifs is 2. The molecule has 0 aliphatic carbocycles. The van der Waals surface area contributed by atoms with Crippen LogP contribution in [0.1, 0.15) is 17.5 Å². The highest BCUT2D eigenvalue weighted by atomic mass is 16.5. The molecule has 2 aliphatic rings. The maximum Gasteiger partial charge on any atom is 0.252 e. The Labute approximate surface area is 163 Å². The molecule has 2 aliphatic heterocycles. The van der Waals surface area contributed by atoms with Crippen molar-refractivity contribution in [3.8, 4) is 5.88 Å². The van der Waals surface area contributed by atoms with Crippen LogP contribution < -0.4 is 4.74 Å². The number of para-hydroxylation sites is 1. The summed E-state index contributed by atoms with van der Waals surface area (Å²) in [5.74, 6) is 0.674. The predicted molar refractivity (Wildman–Crippen MR) is 106 cm³/mol. The first-order chi connectivity index (χ1) is 13.8. The van der Waals surface area contributed by atoms with Gasteiger partial charge in [-0.2, -0.15) is 0 Å². The highest BCUT2D eigenvalue weighted by molar-refractivity contribution is 5.82. The smallest absolute Gasteiger partial charge is 0.252 e. The fraction of sp³-hybridized carbons (Fsp3) is 0.304. The van der Waals surface area contributed by atoms with Crippen molar-refractivity contribution in [3.63, 3.8) is 0 Å². The van der Waals surface area contributed by atoms with Crippen LogP contribution >= 0.6 is 0 Å². The number of pyridine rings is 1. The summed E-state index contributed by atoms with van der Waals surface area (Å²) in [7, 11) is 0. The third kappa shape index (κ3) is 3.34. The summed E-state index contributed by atoms with van der Waals surface area (Å²) in [5.41, 5.74) is 3.30. The first kappa shape index (κ1) is 17.2. The molecule has 3 heterocycles. The molecule has 0 spiro atoms. The monoisotopic (exact) mass is 374 g/mol. The van der Waals surface area contributed by atoms with Crippen LogP contribution in [0.25, 0.3) is 10.9 Å². The summed E-state index contributed by atoms with van der Waals surface area (Å²) in [5, 5.41) is 1.09. The molecule has 0 saturated carbocycles. The fourth-order valence-corrected chi connectivity index (χ4v) is 4.02. The van der Waals surface area contributed by atoms with Gasteiger partial charge in [0.05, 0.1) is 18.7 Å². The first-order valence-corrected chi connectivity index (χ1v) is 9.76. The second kappa shape index (κ2) is 7.24. The van der Waals surface area contributed by atoms with Crippen molar-refractivity contribution in [1.29, 1.82) is 0 Å². The molecule has 1 aromatic heterocycles. The molecule has 2 unspecified atom stereocenters. The number of ether oxygens (including phenoxy) is 2. The zero-order valence-electron chi connectivity index (χ0n) is 15.6. The topological polar surface area (TPSA) is 51.7 Å². The zero-order valence-corrected chi connectivity index (χ0v) is 15.6. The minimum Gasteiger partial charge on any atom is -0.472 e. The number of nitrogens with zero attached hydrogens (tertiary/aromatic N) is 2. The van der Waals surface area contributed by atoms with Crippen molar-refractivity contribution in [1.82, 2.24) is 9.88 Å². The van der Waals surface area contributed by atoms with Crippen LogP contribution in [0.5, 0.6) is 5.88 Å². The SMILES string of the molecule is O=C(C1Cc2ccccc2CO1)N1CCC(Oc2ccc3ccccc3n2)C1. The summed E-state index contributed by atoms with van der Waals surface area (Å²) >= 11 is 0. The van der Waals surface area contributed by atoms with Crippen LogP contribution in [-0.4, -0.2) is 41.1 Å². The minimum absolute atomic E-state index is 0.0338. The Morgan fingerprint density at radius 1 is 1.04 bits per heavy atom. The van der Waals surface area contributed by atoms with Crippen molar-refractivity contribution >= 4 is 16.8 Å². The lowest BCUT2D eigenvalue weighted by molar-refractivity contribution is -0.144. The van der Waals surface area contributed by atoms with E-state index in [1.807, 2.05) is 53.4 Å². The van der Waals surface area contributed by atoms with Crippen LogP contribution in [-0.2, 0) is 22.6 Å². The van der Waals surface area contributed by atoms with E-state index < -0.39 is 6.10 Å². The van der Waals surface area contributed by atoms with Crippen molar-refractivity contribution in [2.45, 2.75) is 31.7 Å². The van der Waals surface area contributed by atoms with Crippen LogP contribution in [0, 0.1) is 0 Å². The molecule has 28 heavy (non-hydrogen) atoms. The molecule has 0 radical (unpaired) electrons. The van der Waals surface area contributed by atoms with E-state index in [4.69, 9.17) is 9.47 Å². The average Bonchev–Trinajstić information content (AvgIpc) is 3.21. The first-order valence-electron chi connectivity index (χ1n) is 9.76. The van der Waals surface area contributed by atoms with Crippen LogP contribution in [0.2, 0.25) is 0 Å². The normalized spacial score (nSPS) is 21.5. The number of carbonyl (C=O) groups excluding carboxylic acids is 1. The lowest BCUT2D eigenvalue weighted by Gasteiger charge is -2.28. The summed E-state index contributed by atoms with van der Waals surface area (Å²) in [6, 6.07) is 20.1. The molecular formula is C23H22N2O3. The Balaban J connectivity index is 1.22. The maximum absolute atomic E-state index is 12.9. The summed E-state index contributed by atoms with van der Waals surface area (Å²) in [6.07, 6.45) is 1.02. The average molecular weight is 374 g/mol. The summed E-state index contributed by atoms with van der Waals surface area (Å²) in [6.45, 7) is 1.77.